The van der Waals surface area contributed by atoms with Gasteiger partial charge in [-0.05, 0) is 99.5 Å². The molecule has 10 heteroatoms. The second-order valence-electron chi connectivity index (χ2n) is 10.3. The minimum atomic E-state index is -1.48. The molecule has 210 valence electrons. The predicted octanol–water partition coefficient (Wildman–Crippen LogP) is 5.80. The van der Waals surface area contributed by atoms with E-state index >= 15 is 0 Å². The molecule has 1 aliphatic rings. The van der Waals surface area contributed by atoms with Crippen LogP contribution in [0.4, 0.5) is 17.6 Å². The third-order valence-corrected chi connectivity index (χ3v) is 7.78. The van der Waals surface area contributed by atoms with E-state index in [9.17, 15) is 32.6 Å². The average molecular weight is 549 g/mol. The van der Waals surface area contributed by atoms with E-state index in [1.54, 1.807) is 18.2 Å². The van der Waals surface area contributed by atoms with Crippen LogP contribution in [-0.2, 0) is 11.2 Å². The number of piperidine rings is 1. The second-order valence-corrected chi connectivity index (χ2v) is 10.3. The number of likely N-dealkylation sites (tertiary alicyclic amines) is 1. The topological polar surface area (TPSA) is 82.9 Å². The van der Waals surface area contributed by atoms with Gasteiger partial charge in [-0.2, -0.15) is 0 Å². The van der Waals surface area contributed by atoms with Crippen molar-refractivity contribution in [1.29, 1.82) is 0 Å². The van der Waals surface area contributed by atoms with Gasteiger partial charge in [0.2, 0.25) is 0 Å². The molecule has 2 heterocycles. The zero-order valence-corrected chi connectivity index (χ0v) is 21.7. The predicted molar refractivity (Wildman–Crippen MR) is 137 cm³/mol. The number of carboxylic acid groups (broad SMARTS) is 1. The highest BCUT2D eigenvalue weighted by molar-refractivity contribution is 5.84. The van der Waals surface area contributed by atoms with Crippen LogP contribution in [0.25, 0.3) is 10.9 Å². The van der Waals surface area contributed by atoms with Crippen LogP contribution in [-0.4, -0.2) is 52.8 Å². The highest BCUT2D eigenvalue weighted by Crippen LogP contribution is 2.42. The Bertz CT molecular complexity index is 1310. The summed E-state index contributed by atoms with van der Waals surface area (Å²) in [5.41, 5.74) is 0.469. The van der Waals surface area contributed by atoms with Crippen LogP contribution >= 0.6 is 0 Å². The molecule has 0 saturated carbocycles. The minimum Gasteiger partial charge on any atom is -0.497 e. The molecule has 4 rings (SSSR count). The van der Waals surface area contributed by atoms with Crippen LogP contribution in [0.1, 0.15) is 55.8 Å². The molecular formula is C29H32F4N2O4. The Kier molecular flexibility index (Phi) is 9.07. The first-order valence-electron chi connectivity index (χ1n) is 13.0. The molecule has 0 aliphatic carbocycles. The van der Waals surface area contributed by atoms with Gasteiger partial charge in [-0.15, -0.1) is 0 Å². The van der Waals surface area contributed by atoms with Crippen molar-refractivity contribution >= 4 is 16.9 Å². The molecule has 1 atom stereocenters. The number of nitrogens with zero attached hydrogens (tertiary/aromatic N) is 2. The molecule has 0 bridgehead atoms. The van der Waals surface area contributed by atoms with Crippen LogP contribution in [0.5, 0.6) is 5.75 Å². The van der Waals surface area contributed by atoms with E-state index < -0.39 is 40.8 Å². The lowest BCUT2D eigenvalue weighted by Crippen LogP contribution is -2.41. The highest BCUT2D eigenvalue weighted by atomic mass is 19.2. The van der Waals surface area contributed by atoms with E-state index in [1.807, 2.05) is 0 Å². The molecule has 39 heavy (non-hydrogen) atoms. The molecule has 0 amide bonds. The largest absolute Gasteiger partial charge is 0.497 e. The fraction of sp³-hybridized carbons (Fsp3) is 0.448. The number of halogens is 4. The Balaban J connectivity index is 1.38. The Morgan fingerprint density at radius 1 is 1.10 bits per heavy atom. The summed E-state index contributed by atoms with van der Waals surface area (Å²) in [5, 5.41) is 21.1. The van der Waals surface area contributed by atoms with Crippen molar-refractivity contribution in [2.75, 3.05) is 26.7 Å². The van der Waals surface area contributed by atoms with Crippen molar-refractivity contribution in [2.45, 2.75) is 51.0 Å². The number of pyridine rings is 1. The summed E-state index contributed by atoms with van der Waals surface area (Å²) in [4.78, 5) is 18.0. The number of benzene rings is 2. The maximum atomic E-state index is 14.8. The van der Waals surface area contributed by atoms with Gasteiger partial charge in [0.25, 0.3) is 0 Å². The number of hydrogen-bond acceptors (Lipinski definition) is 5. The van der Waals surface area contributed by atoms with Gasteiger partial charge in [-0.3, -0.25) is 9.78 Å². The van der Waals surface area contributed by atoms with Gasteiger partial charge in [0.1, 0.15) is 11.6 Å². The van der Waals surface area contributed by atoms with Crippen LogP contribution in [0.3, 0.4) is 0 Å². The Labute approximate surface area is 224 Å². The number of aliphatic hydroxyl groups is 1. The van der Waals surface area contributed by atoms with Gasteiger partial charge < -0.3 is 19.8 Å². The number of aliphatic carboxylic acids is 1. The summed E-state index contributed by atoms with van der Waals surface area (Å²) >= 11 is 0. The zero-order valence-electron chi connectivity index (χ0n) is 21.7. The molecule has 6 nitrogen and oxygen atoms in total. The fourth-order valence-electron chi connectivity index (χ4n) is 5.57. The third-order valence-electron chi connectivity index (χ3n) is 7.78. The van der Waals surface area contributed by atoms with Gasteiger partial charge >= 0.3 is 5.97 Å². The van der Waals surface area contributed by atoms with Crippen molar-refractivity contribution in [3.8, 4) is 5.75 Å². The Morgan fingerprint density at radius 3 is 2.44 bits per heavy atom. The van der Waals surface area contributed by atoms with Gasteiger partial charge in [0.15, 0.2) is 17.5 Å². The monoisotopic (exact) mass is 548 g/mol. The van der Waals surface area contributed by atoms with E-state index in [0.29, 0.717) is 74.0 Å². The maximum Gasteiger partial charge on any atom is 0.303 e. The highest BCUT2D eigenvalue weighted by Gasteiger charge is 2.37. The number of carboxylic acids is 1. The molecule has 0 unspecified atom stereocenters. The summed E-state index contributed by atoms with van der Waals surface area (Å²) in [6, 6.07) is 7.03. The lowest BCUT2D eigenvalue weighted by Gasteiger charge is -2.41. The molecule has 2 aromatic carbocycles. The summed E-state index contributed by atoms with van der Waals surface area (Å²) in [5.74, 6) is -4.94. The molecule has 1 saturated heterocycles. The van der Waals surface area contributed by atoms with Crippen LogP contribution in [0.2, 0.25) is 0 Å². The van der Waals surface area contributed by atoms with E-state index in [0.717, 1.165) is 18.3 Å². The summed E-state index contributed by atoms with van der Waals surface area (Å²) < 4.78 is 60.1. The molecule has 0 spiro atoms. The van der Waals surface area contributed by atoms with Crippen molar-refractivity contribution in [1.82, 2.24) is 9.88 Å². The SMILES string of the molecule is COc1ccc2ncc(F)c([C@H](O)CCC3(CC(=O)O)CCN(CCCc4cc(F)c(F)c(F)c4)CC3)c2c1. The molecule has 2 N–H and O–H groups in total. The average Bonchev–Trinajstić information content (AvgIpc) is 2.90. The number of aryl methyl sites for hydroxylation is 1. The standard InChI is InChI=1S/C29H32F4N2O4/c1-39-19-4-5-24-20(15-19)27(23(32)17-34-24)25(36)6-7-29(16-26(37)38)8-11-35(12-9-29)10-2-3-18-13-21(30)28(33)22(31)14-18/h4-5,13-15,17,25,36H,2-3,6-12,16H2,1H3,(H,37,38)/t25-/m1/s1. The van der Waals surface area contributed by atoms with Crippen molar-refractivity contribution < 1.29 is 37.3 Å². The van der Waals surface area contributed by atoms with Crippen LogP contribution in [0, 0.1) is 28.7 Å². The Morgan fingerprint density at radius 2 is 1.79 bits per heavy atom. The number of ether oxygens (including phenoxy) is 1. The van der Waals surface area contributed by atoms with Crippen molar-refractivity contribution in [3.05, 3.63) is 70.9 Å². The first-order chi connectivity index (χ1) is 18.6. The Hall–Kier alpha value is -3.24. The zero-order chi connectivity index (χ0) is 28.2. The molecule has 1 aromatic heterocycles. The number of carbonyl (C=O) groups is 1. The number of aromatic nitrogens is 1. The molecule has 1 fully saturated rings. The molecular weight excluding hydrogens is 516 g/mol. The number of fused-ring (bicyclic) bond motifs is 1. The lowest BCUT2D eigenvalue weighted by atomic mass is 9.71. The van der Waals surface area contributed by atoms with Crippen molar-refractivity contribution in [3.63, 3.8) is 0 Å². The van der Waals surface area contributed by atoms with E-state index in [1.165, 1.54) is 7.11 Å². The van der Waals surface area contributed by atoms with Gasteiger partial charge in [-0.25, -0.2) is 17.6 Å². The van der Waals surface area contributed by atoms with Crippen LogP contribution in [0.15, 0.2) is 36.5 Å². The van der Waals surface area contributed by atoms with E-state index in [-0.39, 0.29) is 18.4 Å². The maximum absolute atomic E-state index is 14.8. The van der Waals surface area contributed by atoms with E-state index in [4.69, 9.17) is 4.74 Å². The van der Waals surface area contributed by atoms with E-state index in [2.05, 4.69) is 9.88 Å². The van der Waals surface area contributed by atoms with Gasteiger partial charge in [0, 0.05) is 10.9 Å². The van der Waals surface area contributed by atoms with Gasteiger partial charge in [0.05, 0.1) is 31.3 Å². The second kappa shape index (κ2) is 12.3. The molecule has 3 aromatic rings. The first-order valence-corrected chi connectivity index (χ1v) is 13.0. The summed E-state index contributed by atoms with van der Waals surface area (Å²) in [6.07, 6.45) is 2.60. The number of methoxy groups -OCH3 is 1. The number of aliphatic hydroxyl groups excluding tert-OH is 1. The third kappa shape index (κ3) is 6.86. The minimum absolute atomic E-state index is 0.0604. The lowest BCUT2D eigenvalue weighted by molar-refractivity contribution is -0.141. The summed E-state index contributed by atoms with van der Waals surface area (Å²) in [7, 11) is 1.49. The van der Waals surface area contributed by atoms with Crippen LogP contribution < -0.4 is 4.74 Å². The number of hydrogen-bond donors (Lipinski definition) is 2. The van der Waals surface area contributed by atoms with Gasteiger partial charge in [-0.1, -0.05) is 0 Å². The molecule has 1 aliphatic heterocycles. The fourth-order valence-corrected chi connectivity index (χ4v) is 5.57. The molecule has 0 radical (unpaired) electrons. The number of rotatable bonds is 11. The smallest absolute Gasteiger partial charge is 0.303 e. The quantitative estimate of drug-likeness (QED) is 0.233. The van der Waals surface area contributed by atoms with Crippen molar-refractivity contribution in [2.24, 2.45) is 5.41 Å². The summed E-state index contributed by atoms with van der Waals surface area (Å²) in [6.45, 7) is 1.89. The normalized spacial score (nSPS) is 16.4. The first kappa shape index (κ1) is 28.8.